The summed E-state index contributed by atoms with van der Waals surface area (Å²) in [6, 6.07) is 0. The average molecular weight is 264 g/mol. The number of hydrogen-bond acceptors (Lipinski definition) is 1. The first-order chi connectivity index (χ1) is 9.31. The zero-order chi connectivity index (χ0) is 14.2. The van der Waals surface area contributed by atoms with Crippen molar-refractivity contribution in [1.29, 1.82) is 0 Å². The van der Waals surface area contributed by atoms with Gasteiger partial charge in [0, 0.05) is 6.42 Å². The molecule has 0 spiro atoms. The zero-order valence-electron chi connectivity index (χ0n) is 12.8. The van der Waals surface area contributed by atoms with Gasteiger partial charge in [-0.25, -0.2) is 0 Å². The van der Waals surface area contributed by atoms with Crippen LogP contribution in [0.2, 0.25) is 0 Å². The maximum absolute atomic E-state index is 9.14. The van der Waals surface area contributed by atoms with Crippen molar-refractivity contribution in [2.75, 3.05) is 0 Å². The van der Waals surface area contributed by atoms with Crippen LogP contribution in [0.4, 0.5) is 0 Å². The maximum Gasteiger partial charge on any atom is 0.133 e. The number of unbranched alkanes of at least 4 members (excludes halogenated alkanes) is 11. The Balaban J connectivity index is 3.10. The van der Waals surface area contributed by atoms with Gasteiger partial charge in [0.05, 0.1) is 0 Å². The van der Waals surface area contributed by atoms with Crippen LogP contribution in [0.15, 0.2) is 12.7 Å². The van der Waals surface area contributed by atoms with E-state index >= 15 is 0 Å². The van der Waals surface area contributed by atoms with Crippen molar-refractivity contribution in [3.05, 3.63) is 12.7 Å². The van der Waals surface area contributed by atoms with E-state index in [9.17, 15) is 0 Å². The van der Waals surface area contributed by atoms with Crippen LogP contribution >= 0.6 is 0 Å². The fourth-order valence-corrected chi connectivity index (χ4v) is 2.11. The summed E-state index contributed by atoms with van der Waals surface area (Å²) in [4.78, 5) is 0. The lowest BCUT2D eigenvalue weighted by Gasteiger charge is -2.01. The molecule has 19 heavy (non-hydrogen) atoms. The highest BCUT2D eigenvalue weighted by molar-refractivity contribution is 5.10. The molecule has 0 saturated carbocycles. The van der Waals surface area contributed by atoms with Crippen LogP contribution in [0.25, 0.3) is 0 Å². The highest BCUT2D eigenvalue weighted by atomic mass is 16.3. The van der Waals surface area contributed by atoms with Crippen LogP contribution in [0.3, 0.4) is 0 Å². The van der Waals surface area contributed by atoms with Gasteiger partial charge in [0.2, 0.25) is 0 Å². The molecule has 0 aliphatic rings. The molecule has 0 bridgehead atoms. The number of aliphatic hydroxyl groups excluding tert-OH is 1. The van der Waals surface area contributed by atoms with E-state index in [1.807, 2.05) is 0 Å². The molecule has 0 fully saturated rings. The molecule has 0 aliphatic heterocycles. The van der Waals surface area contributed by atoms with Gasteiger partial charge in [0.15, 0.2) is 0 Å². The molecule has 0 amide bonds. The summed E-state index contributed by atoms with van der Waals surface area (Å²) in [7, 11) is 0. The summed E-state index contributed by atoms with van der Waals surface area (Å²) in [6.45, 7) is 5.75. The van der Waals surface area contributed by atoms with Crippen LogP contribution in [0.1, 0.15) is 84.0 Å². The fourth-order valence-electron chi connectivity index (χ4n) is 2.11. The van der Waals surface area contributed by atoms with Crippen LogP contribution in [0.5, 0.6) is 0 Å². The predicted octanol–water partition coefficient (Wildman–Crippen LogP) is 5.24. The summed E-state index contributed by atoms with van der Waals surface area (Å²) < 4.78 is 0. The Bertz CT molecular complexity index is 246. The Morgan fingerprint density at radius 3 is 1.84 bits per heavy atom. The van der Waals surface area contributed by atoms with Crippen molar-refractivity contribution in [2.45, 2.75) is 90.1 Å². The molecule has 0 aromatic heterocycles. The van der Waals surface area contributed by atoms with E-state index < -0.39 is 6.10 Å². The predicted molar refractivity (Wildman–Crippen MR) is 85.1 cm³/mol. The van der Waals surface area contributed by atoms with Gasteiger partial charge in [-0.2, -0.15) is 0 Å². The molecule has 0 rings (SSSR count). The summed E-state index contributed by atoms with van der Waals surface area (Å²) in [6.07, 6.45) is 16.7. The third-order valence-electron chi connectivity index (χ3n) is 3.38. The third-order valence-corrected chi connectivity index (χ3v) is 3.38. The van der Waals surface area contributed by atoms with Crippen molar-refractivity contribution in [1.82, 2.24) is 0 Å². The van der Waals surface area contributed by atoms with Crippen molar-refractivity contribution in [3.63, 3.8) is 0 Å². The molecule has 0 radical (unpaired) electrons. The van der Waals surface area contributed by atoms with Gasteiger partial charge in [0.25, 0.3) is 0 Å². The number of aliphatic hydroxyl groups is 1. The first kappa shape index (κ1) is 18.3. The highest BCUT2D eigenvalue weighted by Gasteiger charge is 1.92. The smallest absolute Gasteiger partial charge is 0.133 e. The monoisotopic (exact) mass is 264 g/mol. The van der Waals surface area contributed by atoms with Crippen LogP contribution in [0, 0.1) is 11.8 Å². The minimum atomic E-state index is -0.646. The maximum atomic E-state index is 9.14. The molecule has 1 unspecified atom stereocenters. The lowest BCUT2D eigenvalue weighted by molar-refractivity contribution is 0.281. The second-order valence-corrected chi connectivity index (χ2v) is 5.29. The summed E-state index contributed by atoms with van der Waals surface area (Å²) >= 11 is 0. The second-order valence-electron chi connectivity index (χ2n) is 5.29. The van der Waals surface area contributed by atoms with Crippen molar-refractivity contribution < 1.29 is 5.11 Å². The van der Waals surface area contributed by atoms with Gasteiger partial charge in [0.1, 0.15) is 6.10 Å². The molecule has 1 heteroatoms. The molecule has 0 aliphatic carbocycles. The fraction of sp³-hybridized carbons (Fsp3) is 0.778. The number of hydrogen-bond donors (Lipinski definition) is 1. The molecule has 1 nitrogen and oxygen atoms in total. The molecule has 1 atom stereocenters. The normalized spacial score (nSPS) is 11.7. The molecule has 0 aromatic rings. The topological polar surface area (TPSA) is 20.2 Å². The summed E-state index contributed by atoms with van der Waals surface area (Å²) in [5.41, 5.74) is 0. The quantitative estimate of drug-likeness (QED) is 0.290. The molecular formula is C18H32O. The van der Waals surface area contributed by atoms with Crippen molar-refractivity contribution in [3.8, 4) is 11.8 Å². The molecule has 0 aromatic carbocycles. The average Bonchev–Trinajstić information content (AvgIpc) is 2.43. The molecule has 0 saturated heterocycles. The minimum absolute atomic E-state index is 0.646. The van der Waals surface area contributed by atoms with Gasteiger partial charge < -0.3 is 5.11 Å². The number of rotatable bonds is 12. The van der Waals surface area contributed by atoms with Crippen LogP contribution in [-0.2, 0) is 0 Å². The Labute approximate surface area is 120 Å². The molecule has 110 valence electrons. The Morgan fingerprint density at radius 1 is 0.895 bits per heavy atom. The molecule has 0 heterocycles. The Kier molecular flexibility index (Phi) is 14.7. The third kappa shape index (κ3) is 15.2. The van der Waals surface area contributed by atoms with Crippen LogP contribution < -0.4 is 0 Å². The van der Waals surface area contributed by atoms with Gasteiger partial charge in [-0.05, 0) is 6.42 Å². The Morgan fingerprint density at radius 2 is 1.37 bits per heavy atom. The second kappa shape index (κ2) is 15.3. The van der Waals surface area contributed by atoms with E-state index in [1.54, 1.807) is 0 Å². The van der Waals surface area contributed by atoms with E-state index in [0.29, 0.717) is 0 Å². The van der Waals surface area contributed by atoms with Gasteiger partial charge >= 0.3 is 0 Å². The highest BCUT2D eigenvalue weighted by Crippen LogP contribution is 2.11. The lowest BCUT2D eigenvalue weighted by atomic mass is 10.1. The van der Waals surface area contributed by atoms with Crippen molar-refractivity contribution in [2.24, 2.45) is 0 Å². The van der Waals surface area contributed by atoms with E-state index in [2.05, 4.69) is 25.3 Å². The first-order valence-corrected chi connectivity index (χ1v) is 8.10. The summed E-state index contributed by atoms with van der Waals surface area (Å²) in [5, 5.41) is 9.14. The zero-order valence-corrected chi connectivity index (χ0v) is 12.8. The lowest BCUT2D eigenvalue weighted by Crippen LogP contribution is -1.94. The first-order valence-electron chi connectivity index (χ1n) is 8.10. The SMILES string of the molecule is C=CC(O)C#CCCCCCCCCCCCCC. The largest absolute Gasteiger partial charge is 0.377 e. The summed E-state index contributed by atoms with van der Waals surface area (Å²) in [5.74, 6) is 5.75. The van der Waals surface area contributed by atoms with Crippen molar-refractivity contribution >= 4 is 0 Å². The van der Waals surface area contributed by atoms with Gasteiger partial charge in [-0.15, -0.1) is 5.92 Å². The van der Waals surface area contributed by atoms with Crippen LogP contribution in [-0.4, -0.2) is 11.2 Å². The van der Waals surface area contributed by atoms with E-state index in [4.69, 9.17) is 5.11 Å². The standard InChI is InChI=1S/C18H32O/c1-3-5-6-7-8-9-10-11-12-13-14-15-16-17-18(19)4-2/h4,18-19H,2-3,5-15H2,1H3. The van der Waals surface area contributed by atoms with E-state index in [-0.39, 0.29) is 0 Å². The van der Waals surface area contributed by atoms with E-state index in [1.165, 1.54) is 70.3 Å². The minimum Gasteiger partial charge on any atom is -0.377 e. The molecular weight excluding hydrogens is 232 g/mol. The molecule has 1 N–H and O–H groups in total. The van der Waals surface area contributed by atoms with Gasteiger partial charge in [-0.1, -0.05) is 89.7 Å². The van der Waals surface area contributed by atoms with Gasteiger partial charge in [-0.3, -0.25) is 0 Å². The van der Waals surface area contributed by atoms with E-state index in [0.717, 1.165) is 12.8 Å². The Hall–Kier alpha value is -0.740.